The molecular formula is C20H34Cl2N2O. The molecule has 1 fully saturated rings. The quantitative estimate of drug-likeness (QED) is 0.511. The molecule has 144 valence electrons. The number of nitrogens with two attached hydrogens (primary N) is 1. The molecule has 5 heteroatoms. The number of aliphatic hydroxyl groups is 1. The van der Waals surface area contributed by atoms with Gasteiger partial charge in [-0.25, -0.2) is 0 Å². The zero-order valence-corrected chi connectivity index (χ0v) is 17.6. The van der Waals surface area contributed by atoms with E-state index in [4.69, 9.17) is 28.9 Å². The lowest BCUT2D eigenvalue weighted by molar-refractivity contribution is 0.181. The van der Waals surface area contributed by atoms with Crippen molar-refractivity contribution in [3.8, 4) is 0 Å². The molecule has 0 bridgehead atoms. The summed E-state index contributed by atoms with van der Waals surface area (Å²) in [5.74, 6) is 0.220. The van der Waals surface area contributed by atoms with Gasteiger partial charge in [0.15, 0.2) is 0 Å². The van der Waals surface area contributed by atoms with Crippen LogP contribution < -0.4 is 5.73 Å². The summed E-state index contributed by atoms with van der Waals surface area (Å²) in [4.78, 5) is 2.14. The van der Waals surface area contributed by atoms with Crippen molar-refractivity contribution < 1.29 is 5.11 Å². The van der Waals surface area contributed by atoms with Gasteiger partial charge in [-0.2, -0.15) is 0 Å². The molecule has 0 spiro atoms. The van der Waals surface area contributed by atoms with Gasteiger partial charge in [-0.3, -0.25) is 0 Å². The van der Waals surface area contributed by atoms with Crippen LogP contribution >= 0.6 is 23.2 Å². The van der Waals surface area contributed by atoms with Gasteiger partial charge < -0.3 is 15.7 Å². The van der Waals surface area contributed by atoms with Crippen LogP contribution in [-0.2, 0) is 0 Å². The Morgan fingerprint density at radius 1 is 1.36 bits per heavy atom. The van der Waals surface area contributed by atoms with Gasteiger partial charge in [0.25, 0.3) is 0 Å². The van der Waals surface area contributed by atoms with Crippen molar-refractivity contribution in [1.82, 2.24) is 4.90 Å². The summed E-state index contributed by atoms with van der Waals surface area (Å²) in [6, 6.07) is 0. The topological polar surface area (TPSA) is 49.5 Å². The highest BCUT2D eigenvalue weighted by atomic mass is 35.5. The van der Waals surface area contributed by atoms with Crippen LogP contribution in [0.3, 0.4) is 0 Å². The fourth-order valence-corrected chi connectivity index (χ4v) is 2.79. The second-order valence-corrected chi connectivity index (χ2v) is 7.04. The highest BCUT2D eigenvalue weighted by Gasteiger charge is 2.18. The Kier molecular flexibility index (Phi) is 12.8. The summed E-state index contributed by atoms with van der Waals surface area (Å²) >= 11 is 12.5. The number of allylic oxidation sites excluding steroid dienone is 6. The molecule has 1 atom stereocenters. The van der Waals surface area contributed by atoms with E-state index in [1.165, 1.54) is 18.4 Å². The molecule has 0 aliphatic heterocycles. The largest absolute Gasteiger partial charge is 0.402 e. The molecule has 0 saturated heterocycles. The van der Waals surface area contributed by atoms with E-state index < -0.39 is 0 Å². The Morgan fingerprint density at radius 2 is 1.96 bits per heavy atom. The molecule has 0 heterocycles. The minimum Gasteiger partial charge on any atom is -0.402 e. The third kappa shape index (κ3) is 9.39. The Hall–Kier alpha value is -0.900. The summed E-state index contributed by atoms with van der Waals surface area (Å²) in [7, 11) is 0. The average molecular weight is 389 g/mol. The third-order valence-corrected chi connectivity index (χ3v) is 4.80. The van der Waals surface area contributed by atoms with Gasteiger partial charge in [0.2, 0.25) is 0 Å². The van der Waals surface area contributed by atoms with Crippen LogP contribution in [0, 0.1) is 5.92 Å². The molecule has 1 saturated carbocycles. The molecule has 25 heavy (non-hydrogen) atoms. The standard InChI is InChI=1S/C15H25Cl2NO.C5H9N/c1-5-9-18(10-12(6-2)11-19)15(13(16)7-3)14(17)8-4;1-4(6)5-2-3-5/h7-8,12,19H,3,5-6,9-11H2,1-2,4H3;2-3,6H2,1H3/b14-8+,15-13-;. The van der Waals surface area contributed by atoms with E-state index in [0.717, 1.165) is 37.3 Å². The first-order valence-corrected chi connectivity index (χ1v) is 9.75. The Morgan fingerprint density at radius 3 is 2.24 bits per heavy atom. The predicted octanol–water partition coefficient (Wildman–Crippen LogP) is 5.51. The summed E-state index contributed by atoms with van der Waals surface area (Å²) in [5, 5.41) is 10.5. The maximum atomic E-state index is 9.37. The van der Waals surface area contributed by atoms with E-state index in [1.54, 1.807) is 6.08 Å². The second-order valence-electron chi connectivity index (χ2n) is 6.23. The van der Waals surface area contributed by atoms with Crippen LogP contribution in [0.5, 0.6) is 0 Å². The Bertz CT molecular complexity index is 496. The zero-order chi connectivity index (χ0) is 19.4. The SMILES string of the molecule is C=C/C(Cl)=C(\C(Cl)=C/C)N(CCC)CC(CC)CO.CC(N)=C1CC1. The Labute approximate surface area is 163 Å². The number of nitrogens with zero attached hydrogens (tertiary/aromatic N) is 1. The van der Waals surface area contributed by atoms with Crippen LogP contribution in [0.2, 0.25) is 0 Å². The van der Waals surface area contributed by atoms with Gasteiger partial charge in [-0.1, -0.05) is 55.3 Å². The van der Waals surface area contributed by atoms with E-state index >= 15 is 0 Å². The molecule has 1 aliphatic carbocycles. The van der Waals surface area contributed by atoms with Crippen molar-refractivity contribution in [2.75, 3.05) is 19.7 Å². The smallest absolute Gasteiger partial charge is 0.0741 e. The van der Waals surface area contributed by atoms with Crippen LogP contribution in [0.4, 0.5) is 0 Å². The molecule has 0 aromatic carbocycles. The molecule has 3 N–H and O–H groups in total. The summed E-state index contributed by atoms with van der Waals surface area (Å²) in [6.07, 6.45) is 7.84. The number of aliphatic hydroxyl groups excluding tert-OH is 1. The van der Waals surface area contributed by atoms with Gasteiger partial charge in [0.1, 0.15) is 0 Å². The number of halogens is 2. The van der Waals surface area contributed by atoms with Gasteiger partial charge in [0, 0.05) is 25.4 Å². The average Bonchev–Trinajstić information content (AvgIpc) is 3.45. The normalized spacial score (nSPS) is 15.6. The fraction of sp³-hybridized carbons (Fsp3) is 0.600. The van der Waals surface area contributed by atoms with Gasteiger partial charge in [-0.05, 0) is 51.5 Å². The van der Waals surface area contributed by atoms with Crippen molar-refractivity contribution in [3.05, 3.63) is 45.8 Å². The monoisotopic (exact) mass is 388 g/mol. The van der Waals surface area contributed by atoms with Crippen molar-refractivity contribution in [3.63, 3.8) is 0 Å². The number of rotatable bonds is 9. The van der Waals surface area contributed by atoms with E-state index in [1.807, 2.05) is 19.9 Å². The highest BCUT2D eigenvalue weighted by molar-refractivity contribution is 6.36. The first-order chi connectivity index (χ1) is 11.9. The molecule has 1 aliphatic rings. The first-order valence-electron chi connectivity index (χ1n) is 9.00. The van der Waals surface area contributed by atoms with E-state index in [2.05, 4.69) is 25.3 Å². The maximum absolute atomic E-state index is 9.37. The fourth-order valence-electron chi connectivity index (χ4n) is 2.30. The van der Waals surface area contributed by atoms with Crippen LogP contribution in [0.15, 0.2) is 45.8 Å². The van der Waals surface area contributed by atoms with Crippen molar-refractivity contribution in [2.45, 2.75) is 53.4 Å². The lowest BCUT2D eigenvalue weighted by Crippen LogP contribution is -2.32. The number of hydrogen-bond donors (Lipinski definition) is 2. The third-order valence-electron chi connectivity index (χ3n) is 4.07. The molecule has 1 unspecified atom stereocenters. The Balaban J connectivity index is 0.000000796. The molecule has 0 aromatic rings. The minimum absolute atomic E-state index is 0.170. The highest BCUT2D eigenvalue weighted by Crippen LogP contribution is 2.29. The number of hydrogen-bond acceptors (Lipinski definition) is 3. The molecule has 0 radical (unpaired) electrons. The van der Waals surface area contributed by atoms with E-state index in [0.29, 0.717) is 10.1 Å². The van der Waals surface area contributed by atoms with Crippen molar-refractivity contribution >= 4 is 23.2 Å². The molecule has 1 rings (SSSR count). The summed E-state index contributed by atoms with van der Waals surface area (Å²) < 4.78 is 0. The molecule has 3 nitrogen and oxygen atoms in total. The van der Waals surface area contributed by atoms with Crippen molar-refractivity contribution in [2.24, 2.45) is 11.7 Å². The minimum atomic E-state index is 0.170. The maximum Gasteiger partial charge on any atom is 0.0741 e. The van der Waals surface area contributed by atoms with Gasteiger partial charge >= 0.3 is 0 Å². The van der Waals surface area contributed by atoms with Gasteiger partial charge in [-0.15, -0.1) is 0 Å². The zero-order valence-electron chi connectivity index (χ0n) is 16.1. The van der Waals surface area contributed by atoms with Gasteiger partial charge in [0.05, 0.1) is 15.8 Å². The van der Waals surface area contributed by atoms with Crippen LogP contribution in [0.25, 0.3) is 0 Å². The lowest BCUT2D eigenvalue weighted by atomic mass is 10.1. The van der Waals surface area contributed by atoms with Crippen LogP contribution in [-0.4, -0.2) is 29.7 Å². The molecule has 0 aromatic heterocycles. The second kappa shape index (κ2) is 13.3. The van der Waals surface area contributed by atoms with Crippen LogP contribution in [0.1, 0.15) is 53.4 Å². The van der Waals surface area contributed by atoms with E-state index in [-0.39, 0.29) is 12.5 Å². The lowest BCUT2D eigenvalue weighted by Gasteiger charge is -2.30. The summed E-state index contributed by atoms with van der Waals surface area (Å²) in [6.45, 7) is 13.5. The predicted molar refractivity (Wildman–Crippen MR) is 112 cm³/mol. The summed E-state index contributed by atoms with van der Waals surface area (Å²) in [5.41, 5.74) is 8.67. The first kappa shape index (κ1) is 24.1. The molecule has 0 amide bonds. The van der Waals surface area contributed by atoms with Crippen molar-refractivity contribution in [1.29, 1.82) is 0 Å². The molecular weight excluding hydrogens is 355 g/mol. The van der Waals surface area contributed by atoms with E-state index in [9.17, 15) is 5.11 Å².